The topological polar surface area (TPSA) is 66.8 Å². The van der Waals surface area contributed by atoms with E-state index in [1.165, 1.54) is 13.2 Å². The summed E-state index contributed by atoms with van der Waals surface area (Å²) in [4.78, 5) is 10.5. The van der Waals surface area contributed by atoms with Crippen molar-refractivity contribution < 1.29 is 19.7 Å². The summed E-state index contributed by atoms with van der Waals surface area (Å²) in [5.41, 5.74) is 0.422. The second kappa shape index (κ2) is 3.35. The van der Waals surface area contributed by atoms with Gasteiger partial charge in [0.25, 0.3) is 0 Å². The number of aryl methyl sites for hydroxylation is 1. The van der Waals surface area contributed by atoms with E-state index in [4.69, 9.17) is 4.74 Å². The smallest absolute Gasteiger partial charge is 0.175 e. The zero-order valence-electron chi connectivity index (χ0n) is 7.37. The summed E-state index contributed by atoms with van der Waals surface area (Å²) in [7, 11) is 1.32. The van der Waals surface area contributed by atoms with Crippen molar-refractivity contribution in [2.45, 2.75) is 6.92 Å². The predicted molar refractivity (Wildman–Crippen MR) is 46.4 cm³/mol. The molecule has 0 aromatic heterocycles. The number of benzene rings is 1. The summed E-state index contributed by atoms with van der Waals surface area (Å²) >= 11 is 0. The molecule has 4 nitrogen and oxygen atoms in total. The van der Waals surface area contributed by atoms with E-state index in [-0.39, 0.29) is 22.8 Å². The summed E-state index contributed by atoms with van der Waals surface area (Å²) in [6.45, 7) is 1.60. The third kappa shape index (κ3) is 1.42. The Kier molecular flexibility index (Phi) is 2.41. The van der Waals surface area contributed by atoms with Gasteiger partial charge in [-0.15, -0.1) is 0 Å². The molecule has 1 aromatic rings. The minimum absolute atomic E-state index is 0.00694. The number of aromatic hydroxyl groups is 2. The molecule has 0 atom stereocenters. The quantitative estimate of drug-likeness (QED) is 0.533. The first-order valence-electron chi connectivity index (χ1n) is 3.66. The first-order valence-corrected chi connectivity index (χ1v) is 3.66. The van der Waals surface area contributed by atoms with Gasteiger partial charge in [-0.2, -0.15) is 0 Å². The van der Waals surface area contributed by atoms with Gasteiger partial charge in [-0.05, 0) is 18.6 Å². The van der Waals surface area contributed by atoms with Gasteiger partial charge in [0.1, 0.15) is 11.3 Å². The molecular weight excluding hydrogens is 172 g/mol. The van der Waals surface area contributed by atoms with Crippen LogP contribution in [0.25, 0.3) is 0 Å². The van der Waals surface area contributed by atoms with Crippen LogP contribution in [0.1, 0.15) is 15.9 Å². The van der Waals surface area contributed by atoms with Crippen LogP contribution in [0.5, 0.6) is 17.2 Å². The molecule has 0 fully saturated rings. The number of phenols is 2. The van der Waals surface area contributed by atoms with E-state index in [1.54, 1.807) is 6.92 Å². The van der Waals surface area contributed by atoms with Crippen LogP contribution in [-0.2, 0) is 0 Å². The Hall–Kier alpha value is -1.71. The van der Waals surface area contributed by atoms with Crippen molar-refractivity contribution in [3.05, 3.63) is 17.2 Å². The number of hydrogen-bond donors (Lipinski definition) is 2. The lowest BCUT2D eigenvalue weighted by Gasteiger charge is -2.09. The minimum Gasteiger partial charge on any atom is -0.507 e. The van der Waals surface area contributed by atoms with Gasteiger partial charge < -0.3 is 14.9 Å². The molecular formula is C9H10O4. The molecule has 0 aliphatic heterocycles. The molecule has 0 saturated carbocycles. The summed E-state index contributed by atoms with van der Waals surface area (Å²) in [6.07, 6.45) is 0.438. The number of phenolic OH excluding ortho intramolecular Hbond substituents is 2. The average molecular weight is 182 g/mol. The number of rotatable bonds is 2. The highest BCUT2D eigenvalue weighted by atomic mass is 16.5. The fourth-order valence-electron chi connectivity index (χ4n) is 1.09. The molecule has 0 bridgehead atoms. The first-order chi connectivity index (χ1) is 6.11. The van der Waals surface area contributed by atoms with E-state index in [0.717, 1.165) is 0 Å². The summed E-state index contributed by atoms with van der Waals surface area (Å²) in [5, 5.41) is 18.7. The molecule has 70 valence electrons. The Morgan fingerprint density at radius 2 is 2.08 bits per heavy atom. The van der Waals surface area contributed by atoms with Crippen LogP contribution in [0.15, 0.2) is 6.07 Å². The number of ether oxygens (including phenoxy) is 1. The molecule has 0 amide bonds. The molecule has 1 rings (SSSR count). The SMILES string of the molecule is COc1c(O)c(C)cc(O)c1C=O. The van der Waals surface area contributed by atoms with Gasteiger partial charge in [-0.3, -0.25) is 4.79 Å². The Bertz CT molecular complexity index is 344. The van der Waals surface area contributed by atoms with Gasteiger partial charge in [-0.1, -0.05) is 0 Å². The van der Waals surface area contributed by atoms with E-state index < -0.39 is 0 Å². The molecule has 4 heteroatoms. The third-order valence-corrected chi connectivity index (χ3v) is 1.78. The van der Waals surface area contributed by atoms with Gasteiger partial charge in [0.15, 0.2) is 17.8 Å². The van der Waals surface area contributed by atoms with Crippen molar-refractivity contribution in [2.75, 3.05) is 7.11 Å². The average Bonchev–Trinajstić information content (AvgIpc) is 2.10. The molecule has 0 aliphatic rings. The van der Waals surface area contributed by atoms with Gasteiger partial charge >= 0.3 is 0 Å². The largest absolute Gasteiger partial charge is 0.507 e. The lowest BCUT2D eigenvalue weighted by Crippen LogP contribution is -1.93. The van der Waals surface area contributed by atoms with Crippen molar-refractivity contribution in [3.8, 4) is 17.2 Å². The zero-order chi connectivity index (χ0) is 10.0. The fraction of sp³-hybridized carbons (Fsp3) is 0.222. The third-order valence-electron chi connectivity index (χ3n) is 1.78. The van der Waals surface area contributed by atoms with Crippen molar-refractivity contribution in [2.24, 2.45) is 0 Å². The molecule has 0 aliphatic carbocycles. The second-order valence-electron chi connectivity index (χ2n) is 2.63. The molecule has 0 spiro atoms. The Morgan fingerprint density at radius 3 is 2.54 bits per heavy atom. The van der Waals surface area contributed by atoms with E-state index in [0.29, 0.717) is 11.8 Å². The van der Waals surface area contributed by atoms with Crippen LogP contribution in [0.2, 0.25) is 0 Å². The minimum atomic E-state index is -0.192. The molecule has 13 heavy (non-hydrogen) atoms. The number of carbonyl (C=O) groups excluding carboxylic acids is 1. The van der Waals surface area contributed by atoms with E-state index >= 15 is 0 Å². The number of carbonyl (C=O) groups is 1. The lowest BCUT2D eigenvalue weighted by molar-refractivity contribution is 0.111. The van der Waals surface area contributed by atoms with Crippen LogP contribution in [0.3, 0.4) is 0 Å². The predicted octanol–water partition coefficient (Wildman–Crippen LogP) is 1.23. The van der Waals surface area contributed by atoms with Crippen molar-refractivity contribution in [1.82, 2.24) is 0 Å². The highest BCUT2D eigenvalue weighted by Crippen LogP contribution is 2.37. The Morgan fingerprint density at radius 1 is 1.46 bits per heavy atom. The number of hydrogen-bond acceptors (Lipinski definition) is 4. The van der Waals surface area contributed by atoms with Gasteiger partial charge in [0.2, 0.25) is 0 Å². The summed E-state index contributed by atoms with van der Waals surface area (Å²) < 4.78 is 4.79. The van der Waals surface area contributed by atoms with Gasteiger partial charge in [0.05, 0.1) is 7.11 Å². The highest BCUT2D eigenvalue weighted by Gasteiger charge is 2.15. The normalized spacial score (nSPS) is 9.69. The molecule has 1 aromatic carbocycles. The van der Waals surface area contributed by atoms with Crippen LogP contribution in [-0.4, -0.2) is 23.6 Å². The van der Waals surface area contributed by atoms with Crippen molar-refractivity contribution >= 4 is 6.29 Å². The van der Waals surface area contributed by atoms with Crippen LogP contribution in [0, 0.1) is 6.92 Å². The maximum Gasteiger partial charge on any atom is 0.175 e. The Labute approximate surface area is 75.4 Å². The van der Waals surface area contributed by atoms with Gasteiger partial charge in [-0.25, -0.2) is 0 Å². The molecule has 0 unspecified atom stereocenters. The highest BCUT2D eigenvalue weighted by molar-refractivity contribution is 5.85. The van der Waals surface area contributed by atoms with Crippen LogP contribution in [0.4, 0.5) is 0 Å². The van der Waals surface area contributed by atoms with Crippen LogP contribution >= 0.6 is 0 Å². The van der Waals surface area contributed by atoms with E-state index in [2.05, 4.69) is 0 Å². The summed E-state index contributed by atoms with van der Waals surface area (Å²) in [6, 6.07) is 1.31. The summed E-state index contributed by atoms with van der Waals surface area (Å²) in [5.74, 6) is -0.308. The van der Waals surface area contributed by atoms with Crippen molar-refractivity contribution in [1.29, 1.82) is 0 Å². The monoisotopic (exact) mass is 182 g/mol. The molecule has 0 radical (unpaired) electrons. The van der Waals surface area contributed by atoms with Crippen LogP contribution < -0.4 is 4.74 Å². The first kappa shape index (κ1) is 9.38. The maximum absolute atomic E-state index is 10.5. The fourth-order valence-corrected chi connectivity index (χ4v) is 1.09. The van der Waals surface area contributed by atoms with E-state index in [9.17, 15) is 15.0 Å². The molecule has 0 saturated heterocycles. The van der Waals surface area contributed by atoms with Gasteiger partial charge in [0, 0.05) is 0 Å². The lowest BCUT2D eigenvalue weighted by atomic mass is 10.1. The maximum atomic E-state index is 10.5. The molecule has 0 heterocycles. The van der Waals surface area contributed by atoms with E-state index in [1.807, 2.05) is 0 Å². The second-order valence-corrected chi connectivity index (χ2v) is 2.63. The number of methoxy groups -OCH3 is 1. The number of aldehydes is 1. The van der Waals surface area contributed by atoms with Crippen molar-refractivity contribution in [3.63, 3.8) is 0 Å². The standard InChI is InChI=1S/C9H10O4/c1-5-3-7(11)6(4-10)9(13-2)8(5)12/h3-4,11-12H,1-2H3. The molecule has 2 N–H and O–H groups in total. The Balaban J connectivity index is 3.50. The zero-order valence-corrected chi connectivity index (χ0v) is 7.37.